The second kappa shape index (κ2) is 5.05. The molecule has 0 spiro atoms. The van der Waals surface area contributed by atoms with Gasteiger partial charge in [-0.25, -0.2) is 4.98 Å². The highest BCUT2D eigenvalue weighted by Crippen LogP contribution is 2.34. The summed E-state index contributed by atoms with van der Waals surface area (Å²) >= 11 is 1.39. The summed E-state index contributed by atoms with van der Waals surface area (Å²) in [5, 5.41) is 4.20. The third-order valence-electron chi connectivity index (χ3n) is 3.02. The molecular weight excluding hydrogens is 262 g/mol. The molecule has 0 amide bonds. The monoisotopic (exact) mass is 277 g/mol. The third-order valence-corrected chi connectivity index (χ3v) is 3.71. The Morgan fingerprint density at radius 2 is 2.21 bits per heavy atom. The Kier molecular flexibility index (Phi) is 3.25. The van der Waals surface area contributed by atoms with Gasteiger partial charge in [0.1, 0.15) is 5.82 Å². The molecule has 0 saturated carbocycles. The minimum atomic E-state index is 0.146. The van der Waals surface area contributed by atoms with E-state index in [-0.39, 0.29) is 6.04 Å². The first-order valence-electron chi connectivity index (χ1n) is 6.25. The van der Waals surface area contributed by atoms with E-state index in [0.717, 1.165) is 34.4 Å². The third kappa shape index (κ3) is 2.49. The van der Waals surface area contributed by atoms with E-state index in [9.17, 15) is 0 Å². The number of anilines is 1. The van der Waals surface area contributed by atoms with Crippen LogP contribution in [0.25, 0.3) is 0 Å². The summed E-state index contributed by atoms with van der Waals surface area (Å²) in [7, 11) is 0. The molecule has 0 saturated heterocycles. The molecule has 0 bridgehead atoms. The zero-order valence-electron chi connectivity index (χ0n) is 10.8. The van der Waals surface area contributed by atoms with Gasteiger partial charge in [0.05, 0.1) is 6.04 Å². The molecule has 100 valence electrons. The molecular formula is C13H15N3O2S. The van der Waals surface area contributed by atoms with Crippen molar-refractivity contribution in [1.29, 1.82) is 0 Å². The van der Waals surface area contributed by atoms with Crippen LogP contribution in [0.1, 0.15) is 31.3 Å². The molecule has 5 nitrogen and oxygen atoms in total. The summed E-state index contributed by atoms with van der Waals surface area (Å²) in [5.74, 6) is 2.49. The number of hydrogen-bond donors (Lipinski definition) is 1. The molecule has 1 atom stereocenters. The maximum Gasteiger partial charge on any atom is 0.231 e. The van der Waals surface area contributed by atoms with Crippen molar-refractivity contribution in [3.63, 3.8) is 0 Å². The van der Waals surface area contributed by atoms with Gasteiger partial charge in [0.15, 0.2) is 11.5 Å². The van der Waals surface area contributed by atoms with Crippen LogP contribution in [-0.4, -0.2) is 16.2 Å². The van der Waals surface area contributed by atoms with Crippen molar-refractivity contribution in [2.45, 2.75) is 26.3 Å². The van der Waals surface area contributed by atoms with E-state index < -0.39 is 0 Å². The van der Waals surface area contributed by atoms with Crippen molar-refractivity contribution < 1.29 is 9.47 Å². The Morgan fingerprint density at radius 3 is 3.00 bits per heavy atom. The van der Waals surface area contributed by atoms with Crippen LogP contribution in [0.5, 0.6) is 11.5 Å². The van der Waals surface area contributed by atoms with E-state index in [2.05, 4.69) is 21.6 Å². The first-order chi connectivity index (χ1) is 9.26. The summed E-state index contributed by atoms with van der Waals surface area (Å²) in [6.07, 6.45) is 0.858. The Balaban J connectivity index is 1.74. The van der Waals surface area contributed by atoms with Crippen LogP contribution in [0.3, 0.4) is 0 Å². The zero-order valence-corrected chi connectivity index (χ0v) is 11.7. The molecule has 1 N–H and O–H groups in total. The molecule has 0 fully saturated rings. The summed E-state index contributed by atoms with van der Waals surface area (Å²) in [6.45, 7) is 4.44. The van der Waals surface area contributed by atoms with Crippen LogP contribution in [0.15, 0.2) is 18.2 Å². The highest BCUT2D eigenvalue weighted by Gasteiger charge is 2.16. The van der Waals surface area contributed by atoms with Gasteiger partial charge in [0.25, 0.3) is 0 Å². The maximum absolute atomic E-state index is 5.39. The molecule has 6 heteroatoms. The first-order valence-corrected chi connectivity index (χ1v) is 7.02. The second-order valence-electron chi connectivity index (χ2n) is 4.35. The topological polar surface area (TPSA) is 56.3 Å². The van der Waals surface area contributed by atoms with Crippen molar-refractivity contribution in [3.8, 4) is 11.5 Å². The lowest BCUT2D eigenvalue weighted by Crippen LogP contribution is -2.06. The van der Waals surface area contributed by atoms with Crippen LogP contribution in [0, 0.1) is 0 Å². The summed E-state index contributed by atoms with van der Waals surface area (Å²) in [6, 6.07) is 6.12. The number of ether oxygens (including phenoxy) is 2. The fourth-order valence-electron chi connectivity index (χ4n) is 1.91. The van der Waals surface area contributed by atoms with Crippen LogP contribution in [0.4, 0.5) is 5.13 Å². The van der Waals surface area contributed by atoms with E-state index >= 15 is 0 Å². The van der Waals surface area contributed by atoms with Gasteiger partial charge in [0.2, 0.25) is 11.9 Å². The van der Waals surface area contributed by atoms with E-state index in [4.69, 9.17) is 9.47 Å². The van der Waals surface area contributed by atoms with Crippen molar-refractivity contribution >= 4 is 16.7 Å². The van der Waals surface area contributed by atoms with E-state index in [1.165, 1.54) is 11.5 Å². The number of hydrogen-bond acceptors (Lipinski definition) is 6. The molecule has 2 aromatic rings. The highest BCUT2D eigenvalue weighted by molar-refractivity contribution is 7.09. The Bertz CT molecular complexity index is 585. The van der Waals surface area contributed by atoms with Crippen LogP contribution >= 0.6 is 11.5 Å². The zero-order chi connectivity index (χ0) is 13.2. The van der Waals surface area contributed by atoms with E-state index in [1.54, 1.807) is 0 Å². The van der Waals surface area contributed by atoms with Crippen molar-refractivity contribution in [2.24, 2.45) is 0 Å². The predicted molar refractivity (Wildman–Crippen MR) is 73.9 cm³/mol. The van der Waals surface area contributed by atoms with Gasteiger partial charge in [-0.15, -0.1) is 0 Å². The SMILES string of the molecule is CCc1nsc(NC(C)c2ccc3c(c2)OCO3)n1. The summed E-state index contributed by atoms with van der Waals surface area (Å²) in [5.41, 5.74) is 1.14. The van der Waals surface area contributed by atoms with Gasteiger partial charge in [-0.1, -0.05) is 13.0 Å². The van der Waals surface area contributed by atoms with E-state index in [0.29, 0.717) is 6.79 Å². The molecule has 1 aromatic heterocycles. The highest BCUT2D eigenvalue weighted by atomic mass is 32.1. The van der Waals surface area contributed by atoms with Gasteiger partial charge in [0, 0.05) is 18.0 Å². The number of rotatable bonds is 4. The normalized spacial score (nSPS) is 14.4. The predicted octanol–water partition coefficient (Wildman–Crippen LogP) is 3.00. The molecule has 1 aliphatic heterocycles. The quantitative estimate of drug-likeness (QED) is 0.931. The van der Waals surface area contributed by atoms with Crippen LogP contribution < -0.4 is 14.8 Å². The Labute approximate surface area is 115 Å². The van der Waals surface area contributed by atoms with Crippen LogP contribution in [0.2, 0.25) is 0 Å². The molecule has 1 unspecified atom stereocenters. The average molecular weight is 277 g/mol. The fourth-order valence-corrected chi connectivity index (χ4v) is 2.64. The number of nitrogens with one attached hydrogen (secondary N) is 1. The standard InChI is InChI=1S/C13H15N3O2S/c1-3-12-15-13(19-16-12)14-8(2)9-4-5-10-11(6-9)18-7-17-10/h4-6,8H,3,7H2,1-2H3,(H,14,15,16). The molecule has 0 aliphatic carbocycles. The lowest BCUT2D eigenvalue weighted by molar-refractivity contribution is 0.174. The first kappa shape index (κ1) is 12.2. The number of fused-ring (bicyclic) bond motifs is 1. The Morgan fingerprint density at radius 1 is 1.37 bits per heavy atom. The second-order valence-corrected chi connectivity index (χ2v) is 5.10. The van der Waals surface area contributed by atoms with Gasteiger partial charge in [-0.3, -0.25) is 0 Å². The lowest BCUT2D eigenvalue weighted by atomic mass is 10.1. The number of benzene rings is 1. The average Bonchev–Trinajstić information content (AvgIpc) is 3.05. The number of aryl methyl sites for hydroxylation is 1. The molecule has 19 heavy (non-hydrogen) atoms. The van der Waals surface area contributed by atoms with Gasteiger partial charge < -0.3 is 14.8 Å². The number of aromatic nitrogens is 2. The minimum absolute atomic E-state index is 0.146. The van der Waals surface area contributed by atoms with Crippen molar-refractivity contribution in [2.75, 3.05) is 12.1 Å². The van der Waals surface area contributed by atoms with Crippen molar-refractivity contribution in [3.05, 3.63) is 29.6 Å². The van der Waals surface area contributed by atoms with E-state index in [1.807, 2.05) is 25.1 Å². The Hall–Kier alpha value is -1.82. The van der Waals surface area contributed by atoms with Crippen molar-refractivity contribution in [1.82, 2.24) is 9.36 Å². The molecule has 1 aromatic carbocycles. The lowest BCUT2D eigenvalue weighted by Gasteiger charge is -2.13. The van der Waals surface area contributed by atoms with Crippen LogP contribution in [-0.2, 0) is 6.42 Å². The van der Waals surface area contributed by atoms with Gasteiger partial charge in [-0.2, -0.15) is 4.37 Å². The van der Waals surface area contributed by atoms with Gasteiger partial charge in [-0.05, 0) is 24.6 Å². The smallest absolute Gasteiger partial charge is 0.231 e. The summed E-state index contributed by atoms with van der Waals surface area (Å²) < 4.78 is 15.0. The molecule has 2 heterocycles. The minimum Gasteiger partial charge on any atom is -0.454 e. The maximum atomic E-state index is 5.39. The molecule has 3 rings (SSSR count). The largest absolute Gasteiger partial charge is 0.454 e. The number of nitrogens with zero attached hydrogens (tertiary/aromatic N) is 2. The van der Waals surface area contributed by atoms with Gasteiger partial charge >= 0.3 is 0 Å². The summed E-state index contributed by atoms with van der Waals surface area (Å²) in [4.78, 5) is 4.41. The fraction of sp³-hybridized carbons (Fsp3) is 0.385. The molecule has 1 aliphatic rings. The molecule has 0 radical (unpaired) electrons.